The first kappa shape index (κ1) is 15.6. The van der Waals surface area contributed by atoms with Crippen molar-refractivity contribution in [1.82, 2.24) is 5.32 Å². The van der Waals surface area contributed by atoms with Gasteiger partial charge in [0.2, 0.25) is 0 Å². The molecule has 1 aromatic carbocycles. The lowest BCUT2D eigenvalue weighted by atomic mass is 10.0. The Morgan fingerprint density at radius 1 is 1.29 bits per heavy atom. The minimum absolute atomic E-state index is 0.0795. The number of hydrogen-bond acceptors (Lipinski definition) is 3. The number of nitrogens with one attached hydrogen (secondary N) is 1. The molecule has 4 heteroatoms. The number of benzene rings is 1. The number of furan rings is 1. The van der Waals surface area contributed by atoms with Crippen LogP contribution in [0.5, 0.6) is 0 Å². The van der Waals surface area contributed by atoms with Crippen molar-refractivity contribution in [2.24, 2.45) is 0 Å². The Balaban J connectivity index is 2.34. The van der Waals surface area contributed by atoms with Gasteiger partial charge >= 0.3 is 0 Å². The molecule has 0 saturated carbocycles. The minimum atomic E-state index is -0.168. The van der Waals surface area contributed by atoms with Gasteiger partial charge in [0, 0.05) is 18.8 Å². The summed E-state index contributed by atoms with van der Waals surface area (Å²) in [7, 11) is 3.87. The SMILES string of the molecule is CNC(C)c1cc(F)c(C)cc1N(C)Cc1ccc(C)o1. The maximum atomic E-state index is 13.9. The van der Waals surface area contributed by atoms with Crippen LogP contribution in [-0.2, 0) is 6.54 Å². The first-order valence-electron chi connectivity index (χ1n) is 7.16. The van der Waals surface area contributed by atoms with Crippen molar-refractivity contribution in [3.8, 4) is 0 Å². The molecule has 1 atom stereocenters. The van der Waals surface area contributed by atoms with Crippen LogP contribution >= 0.6 is 0 Å². The van der Waals surface area contributed by atoms with Crippen molar-refractivity contribution in [2.45, 2.75) is 33.4 Å². The Bertz CT molecular complexity index is 621. The number of nitrogens with zero attached hydrogens (tertiary/aromatic N) is 1. The summed E-state index contributed by atoms with van der Waals surface area (Å²) in [5, 5.41) is 3.17. The molecule has 0 spiro atoms. The lowest BCUT2D eigenvalue weighted by Gasteiger charge is -2.25. The third kappa shape index (κ3) is 3.45. The summed E-state index contributed by atoms with van der Waals surface area (Å²) < 4.78 is 19.5. The Hall–Kier alpha value is -1.81. The fourth-order valence-electron chi connectivity index (χ4n) is 2.40. The molecule has 2 rings (SSSR count). The molecule has 0 aliphatic carbocycles. The van der Waals surface area contributed by atoms with E-state index in [1.807, 2.05) is 46.1 Å². The molecule has 3 nitrogen and oxygen atoms in total. The third-order valence-electron chi connectivity index (χ3n) is 3.81. The van der Waals surface area contributed by atoms with E-state index in [4.69, 9.17) is 4.42 Å². The van der Waals surface area contributed by atoms with E-state index < -0.39 is 0 Å². The van der Waals surface area contributed by atoms with E-state index in [0.717, 1.165) is 22.8 Å². The lowest BCUT2D eigenvalue weighted by Crippen LogP contribution is -2.22. The van der Waals surface area contributed by atoms with Gasteiger partial charge < -0.3 is 14.6 Å². The molecule has 0 aliphatic rings. The predicted octanol–water partition coefficient (Wildman–Crippen LogP) is 3.95. The van der Waals surface area contributed by atoms with Crippen LogP contribution in [0, 0.1) is 19.7 Å². The van der Waals surface area contributed by atoms with Crippen molar-refractivity contribution < 1.29 is 8.81 Å². The molecule has 0 bridgehead atoms. The molecule has 1 N–H and O–H groups in total. The Labute approximate surface area is 125 Å². The van der Waals surface area contributed by atoms with Crippen LogP contribution in [0.1, 0.15) is 35.6 Å². The van der Waals surface area contributed by atoms with Crippen LogP contribution in [0.3, 0.4) is 0 Å². The summed E-state index contributed by atoms with van der Waals surface area (Å²) in [6, 6.07) is 7.53. The second kappa shape index (κ2) is 6.31. The third-order valence-corrected chi connectivity index (χ3v) is 3.81. The van der Waals surface area contributed by atoms with Crippen LogP contribution in [0.15, 0.2) is 28.7 Å². The maximum Gasteiger partial charge on any atom is 0.126 e. The van der Waals surface area contributed by atoms with Gasteiger partial charge in [-0.05, 0) is 63.2 Å². The average Bonchev–Trinajstić information content (AvgIpc) is 2.85. The number of hydrogen-bond donors (Lipinski definition) is 1. The van der Waals surface area contributed by atoms with Crippen molar-refractivity contribution in [3.05, 3.63) is 52.7 Å². The Kier molecular flexibility index (Phi) is 4.68. The summed E-state index contributed by atoms with van der Waals surface area (Å²) in [6.45, 7) is 6.40. The van der Waals surface area contributed by atoms with Crippen LogP contribution < -0.4 is 10.2 Å². The highest BCUT2D eigenvalue weighted by molar-refractivity contribution is 5.56. The quantitative estimate of drug-likeness (QED) is 0.903. The molecule has 0 aliphatic heterocycles. The van der Waals surface area contributed by atoms with Crippen LogP contribution in [0.25, 0.3) is 0 Å². The van der Waals surface area contributed by atoms with Crippen LogP contribution in [0.4, 0.5) is 10.1 Å². The summed E-state index contributed by atoms with van der Waals surface area (Å²) >= 11 is 0. The van der Waals surface area contributed by atoms with Crippen molar-refractivity contribution in [2.75, 3.05) is 19.0 Å². The van der Waals surface area contributed by atoms with E-state index >= 15 is 0 Å². The normalized spacial score (nSPS) is 12.5. The number of halogens is 1. The van der Waals surface area contributed by atoms with Gasteiger partial charge in [-0.2, -0.15) is 0 Å². The summed E-state index contributed by atoms with van der Waals surface area (Å²) in [5.41, 5.74) is 2.62. The molecule has 1 aromatic heterocycles. The summed E-state index contributed by atoms with van der Waals surface area (Å²) in [4.78, 5) is 2.09. The average molecular weight is 290 g/mol. The Morgan fingerprint density at radius 3 is 2.57 bits per heavy atom. The van der Waals surface area contributed by atoms with Crippen molar-refractivity contribution >= 4 is 5.69 Å². The molecule has 114 valence electrons. The fourth-order valence-corrected chi connectivity index (χ4v) is 2.40. The second-order valence-corrected chi connectivity index (χ2v) is 5.54. The molecular weight excluding hydrogens is 267 g/mol. The molecule has 21 heavy (non-hydrogen) atoms. The molecule has 1 heterocycles. The number of aryl methyl sites for hydroxylation is 2. The fraction of sp³-hybridized carbons (Fsp3) is 0.412. The van der Waals surface area contributed by atoms with E-state index in [-0.39, 0.29) is 11.9 Å². The molecule has 0 saturated heterocycles. The van der Waals surface area contributed by atoms with Crippen molar-refractivity contribution in [3.63, 3.8) is 0 Å². The van der Waals surface area contributed by atoms with E-state index in [2.05, 4.69) is 10.2 Å². The van der Waals surface area contributed by atoms with Crippen molar-refractivity contribution in [1.29, 1.82) is 0 Å². The monoisotopic (exact) mass is 290 g/mol. The highest BCUT2D eigenvalue weighted by Gasteiger charge is 2.16. The molecule has 0 radical (unpaired) electrons. The molecular formula is C17H23FN2O. The van der Waals surface area contributed by atoms with Crippen LogP contribution in [-0.4, -0.2) is 14.1 Å². The number of anilines is 1. The topological polar surface area (TPSA) is 28.4 Å². The van der Waals surface area contributed by atoms with E-state index in [0.29, 0.717) is 12.1 Å². The van der Waals surface area contributed by atoms with Gasteiger partial charge in [0.1, 0.15) is 17.3 Å². The second-order valence-electron chi connectivity index (χ2n) is 5.54. The smallest absolute Gasteiger partial charge is 0.126 e. The maximum absolute atomic E-state index is 13.9. The molecule has 1 unspecified atom stereocenters. The predicted molar refractivity (Wildman–Crippen MR) is 84.2 cm³/mol. The minimum Gasteiger partial charge on any atom is -0.464 e. The number of rotatable bonds is 5. The first-order chi connectivity index (χ1) is 9.92. The molecule has 0 fully saturated rings. The Morgan fingerprint density at radius 2 is 2.00 bits per heavy atom. The van der Waals surface area contributed by atoms with Gasteiger partial charge in [-0.3, -0.25) is 0 Å². The van der Waals surface area contributed by atoms with Gasteiger partial charge in [0.05, 0.1) is 6.54 Å². The van der Waals surface area contributed by atoms with E-state index in [1.54, 1.807) is 13.0 Å². The zero-order valence-corrected chi connectivity index (χ0v) is 13.3. The van der Waals surface area contributed by atoms with Gasteiger partial charge in [0.25, 0.3) is 0 Å². The summed E-state index contributed by atoms with van der Waals surface area (Å²) in [5.74, 6) is 1.63. The van der Waals surface area contributed by atoms with Gasteiger partial charge in [-0.1, -0.05) is 0 Å². The summed E-state index contributed by atoms with van der Waals surface area (Å²) in [6.07, 6.45) is 0. The highest BCUT2D eigenvalue weighted by atomic mass is 19.1. The zero-order chi connectivity index (χ0) is 15.6. The van der Waals surface area contributed by atoms with Gasteiger partial charge in [-0.25, -0.2) is 4.39 Å². The van der Waals surface area contributed by atoms with E-state index in [9.17, 15) is 4.39 Å². The lowest BCUT2D eigenvalue weighted by molar-refractivity contribution is 0.481. The van der Waals surface area contributed by atoms with Gasteiger partial charge in [-0.15, -0.1) is 0 Å². The molecule has 0 amide bonds. The highest BCUT2D eigenvalue weighted by Crippen LogP contribution is 2.29. The van der Waals surface area contributed by atoms with Crippen LogP contribution in [0.2, 0.25) is 0 Å². The standard InChI is InChI=1S/C17H23FN2O/c1-11-8-17(15(9-16(11)18)13(3)19-4)20(5)10-14-7-6-12(2)21-14/h6-9,13,19H,10H2,1-5H3. The zero-order valence-electron chi connectivity index (χ0n) is 13.3. The first-order valence-corrected chi connectivity index (χ1v) is 7.16. The van der Waals surface area contributed by atoms with E-state index in [1.165, 1.54) is 0 Å². The van der Waals surface area contributed by atoms with Gasteiger partial charge in [0.15, 0.2) is 0 Å². The largest absolute Gasteiger partial charge is 0.464 e. The molecule has 2 aromatic rings.